The first kappa shape index (κ1) is 15.9. The highest BCUT2D eigenvalue weighted by molar-refractivity contribution is 7.11. The predicted molar refractivity (Wildman–Crippen MR) is 81.8 cm³/mol. The van der Waals surface area contributed by atoms with Gasteiger partial charge in [-0.1, -0.05) is 0 Å². The number of rotatable bonds is 5. The van der Waals surface area contributed by atoms with Crippen molar-refractivity contribution in [1.82, 2.24) is 15.2 Å². The van der Waals surface area contributed by atoms with E-state index in [2.05, 4.69) is 10.3 Å². The van der Waals surface area contributed by atoms with Crippen LogP contribution in [-0.4, -0.2) is 41.3 Å². The highest BCUT2D eigenvalue weighted by atomic mass is 32.1. The van der Waals surface area contributed by atoms with E-state index in [0.717, 1.165) is 35.0 Å². The Kier molecular flexibility index (Phi) is 5.30. The summed E-state index contributed by atoms with van der Waals surface area (Å²) in [6.07, 6.45) is 1.78. The number of piperidine rings is 1. The number of hydrogen-bond donors (Lipinski definition) is 2. The fourth-order valence-corrected chi connectivity index (χ4v) is 3.56. The number of carbonyl (C=O) groups excluding carboxylic acids is 2. The Morgan fingerprint density at radius 3 is 2.86 bits per heavy atom. The second kappa shape index (κ2) is 7.00. The molecule has 1 atom stereocenters. The molecule has 2 amide bonds. The standard InChI is InChI=1S/C14H22N4O2S/c1-9-12(21-10(2)17-9)6-16-14(20)11-4-3-5-18(7-11)8-13(15)19/h11H,3-8H2,1-2H3,(H2,15,19)(H,16,20). The van der Waals surface area contributed by atoms with Crippen LogP contribution in [0.4, 0.5) is 0 Å². The number of amides is 2. The minimum Gasteiger partial charge on any atom is -0.369 e. The lowest BCUT2D eigenvalue weighted by molar-refractivity contribution is -0.128. The average Bonchev–Trinajstić information content (AvgIpc) is 2.74. The van der Waals surface area contributed by atoms with E-state index in [-0.39, 0.29) is 24.3 Å². The van der Waals surface area contributed by atoms with Crippen LogP contribution in [0.5, 0.6) is 0 Å². The number of hydrogen-bond acceptors (Lipinski definition) is 5. The molecule has 2 heterocycles. The summed E-state index contributed by atoms with van der Waals surface area (Å²) in [6.45, 7) is 6.13. The van der Waals surface area contributed by atoms with Gasteiger partial charge in [0.1, 0.15) is 0 Å². The van der Waals surface area contributed by atoms with E-state index in [0.29, 0.717) is 13.1 Å². The third-order valence-corrected chi connectivity index (χ3v) is 4.75. The Hall–Kier alpha value is -1.47. The zero-order chi connectivity index (χ0) is 15.4. The van der Waals surface area contributed by atoms with Crippen molar-refractivity contribution < 1.29 is 9.59 Å². The number of primary amides is 1. The van der Waals surface area contributed by atoms with Crippen LogP contribution in [0, 0.1) is 19.8 Å². The maximum Gasteiger partial charge on any atom is 0.231 e. The molecule has 1 aromatic rings. The van der Waals surface area contributed by atoms with Crippen molar-refractivity contribution in [3.8, 4) is 0 Å². The smallest absolute Gasteiger partial charge is 0.231 e. The highest BCUT2D eigenvalue weighted by Gasteiger charge is 2.26. The molecule has 3 N–H and O–H groups in total. The number of nitrogens with zero attached hydrogens (tertiary/aromatic N) is 2. The van der Waals surface area contributed by atoms with Gasteiger partial charge in [-0.2, -0.15) is 0 Å². The van der Waals surface area contributed by atoms with Gasteiger partial charge in [0, 0.05) is 11.4 Å². The van der Waals surface area contributed by atoms with Crippen molar-refractivity contribution in [3.05, 3.63) is 15.6 Å². The lowest BCUT2D eigenvalue weighted by atomic mass is 9.97. The maximum atomic E-state index is 12.3. The Morgan fingerprint density at radius 1 is 1.48 bits per heavy atom. The summed E-state index contributed by atoms with van der Waals surface area (Å²) in [6, 6.07) is 0. The van der Waals surface area contributed by atoms with E-state index in [1.165, 1.54) is 0 Å². The van der Waals surface area contributed by atoms with Crippen LogP contribution in [0.2, 0.25) is 0 Å². The van der Waals surface area contributed by atoms with Crippen LogP contribution >= 0.6 is 11.3 Å². The number of nitrogens with two attached hydrogens (primary N) is 1. The molecule has 1 fully saturated rings. The molecule has 116 valence electrons. The van der Waals surface area contributed by atoms with Gasteiger partial charge < -0.3 is 11.1 Å². The molecule has 1 unspecified atom stereocenters. The lowest BCUT2D eigenvalue weighted by Gasteiger charge is -2.30. The number of likely N-dealkylation sites (tertiary alicyclic amines) is 1. The van der Waals surface area contributed by atoms with Gasteiger partial charge in [-0.05, 0) is 33.2 Å². The summed E-state index contributed by atoms with van der Waals surface area (Å²) in [4.78, 5) is 30.6. The van der Waals surface area contributed by atoms with Gasteiger partial charge in [-0.15, -0.1) is 11.3 Å². The molecule has 0 bridgehead atoms. The SMILES string of the molecule is Cc1nc(C)c(CNC(=O)C2CCCN(CC(N)=O)C2)s1. The normalized spacial score (nSPS) is 19.4. The van der Waals surface area contributed by atoms with Gasteiger partial charge in [0.2, 0.25) is 11.8 Å². The Labute approximate surface area is 128 Å². The van der Waals surface area contributed by atoms with Gasteiger partial charge in [0.15, 0.2) is 0 Å². The van der Waals surface area contributed by atoms with Crippen LogP contribution in [0.1, 0.15) is 28.4 Å². The van der Waals surface area contributed by atoms with Gasteiger partial charge in [-0.25, -0.2) is 4.98 Å². The molecule has 7 heteroatoms. The topological polar surface area (TPSA) is 88.3 Å². The zero-order valence-corrected chi connectivity index (χ0v) is 13.3. The Balaban J connectivity index is 1.85. The van der Waals surface area contributed by atoms with Crippen molar-refractivity contribution in [3.63, 3.8) is 0 Å². The summed E-state index contributed by atoms with van der Waals surface area (Å²) in [7, 11) is 0. The molecule has 21 heavy (non-hydrogen) atoms. The van der Waals surface area contributed by atoms with Crippen LogP contribution in [0.3, 0.4) is 0 Å². The van der Waals surface area contributed by atoms with E-state index in [1.807, 2.05) is 18.7 Å². The molecule has 0 saturated carbocycles. The van der Waals surface area contributed by atoms with Crippen molar-refractivity contribution in [2.45, 2.75) is 33.2 Å². The first-order valence-electron chi connectivity index (χ1n) is 7.17. The number of thiazole rings is 1. The Bertz CT molecular complexity index is 529. The Morgan fingerprint density at radius 2 is 2.24 bits per heavy atom. The van der Waals surface area contributed by atoms with Crippen molar-refractivity contribution >= 4 is 23.2 Å². The van der Waals surface area contributed by atoms with E-state index in [1.54, 1.807) is 11.3 Å². The third-order valence-electron chi connectivity index (χ3n) is 3.68. The molecule has 0 aliphatic carbocycles. The minimum absolute atomic E-state index is 0.0506. The van der Waals surface area contributed by atoms with E-state index in [4.69, 9.17) is 5.73 Å². The van der Waals surface area contributed by atoms with E-state index in [9.17, 15) is 9.59 Å². The quantitative estimate of drug-likeness (QED) is 0.832. The summed E-state index contributed by atoms with van der Waals surface area (Å²) in [5.74, 6) is -0.353. The molecule has 0 spiro atoms. The highest BCUT2D eigenvalue weighted by Crippen LogP contribution is 2.19. The van der Waals surface area contributed by atoms with Crippen LogP contribution in [0.15, 0.2) is 0 Å². The molecular formula is C14H22N4O2S. The van der Waals surface area contributed by atoms with Gasteiger partial charge >= 0.3 is 0 Å². The largest absolute Gasteiger partial charge is 0.369 e. The first-order chi connectivity index (χ1) is 9.95. The molecule has 0 aromatic carbocycles. The van der Waals surface area contributed by atoms with Gasteiger partial charge in [0.25, 0.3) is 0 Å². The molecule has 1 aliphatic rings. The van der Waals surface area contributed by atoms with E-state index < -0.39 is 0 Å². The summed E-state index contributed by atoms with van der Waals surface area (Å²) in [5.41, 5.74) is 6.19. The summed E-state index contributed by atoms with van der Waals surface area (Å²) < 4.78 is 0. The van der Waals surface area contributed by atoms with E-state index >= 15 is 0 Å². The molecule has 6 nitrogen and oxygen atoms in total. The predicted octanol–water partition coefficient (Wildman–Crippen LogP) is 0.573. The molecule has 1 aliphatic heterocycles. The molecule has 0 radical (unpaired) electrons. The van der Waals surface area contributed by atoms with Gasteiger partial charge in [0.05, 0.1) is 29.7 Å². The average molecular weight is 310 g/mol. The lowest BCUT2D eigenvalue weighted by Crippen LogP contribution is -2.45. The van der Waals surface area contributed by atoms with Crippen molar-refractivity contribution in [1.29, 1.82) is 0 Å². The number of aromatic nitrogens is 1. The summed E-state index contributed by atoms with van der Waals surface area (Å²) >= 11 is 1.61. The molecule has 1 saturated heterocycles. The monoisotopic (exact) mass is 310 g/mol. The molecule has 2 rings (SSSR count). The first-order valence-corrected chi connectivity index (χ1v) is 7.98. The van der Waals surface area contributed by atoms with Gasteiger partial charge in [-0.3, -0.25) is 14.5 Å². The number of nitrogens with one attached hydrogen (secondary N) is 1. The van der Waals surface area contributed by atoms with Crippen LogP contribution in [0.25, 0.3) is 0 Å². The third kappa shape index (κ3) is 4.50. The maximum absolute atomic E-state index is 12.3. The minimum atomic E-state index is -0.341. The molecular weight excluding hydrogens is 288 g/mol. The number of carbonyl (C=O) groups is 2. The number of aryl methyl sites for hydroxylation is 2. The fourth-order valence-electron chi connectivity index (χ4n) is 2.68. The van der Waals surface area contributed by atoms with Crippen LogP contribution in [-0.2, 0) is 16.1 Å². The zero-order valence-electron chi connectivity index (χ0n) is 12.5. The van der Waals surface area contributed by atoms with Crippen molar-refractivity contribution in [2.24, 2.45) is 11.7 Å². The van der Waals surface area contributed by atoms with Crippen LogP contribution < -0.4 is 11.1 Å². The second-order valence-electron chi connectivity index (χ2n) is 5.50. The molecule has 1 aromatic heterocycles. The fraction of sp³-hybridized carbons (Fsp3) is 0.643. The summed E-state index contributed by atoms with van der Waals surface area (Å²) in [5, 5.41) is 4.00. The second-order valence-corrected chi connectivity index (χ2v) is 6.79. The van der Waals surface area contributed by atoms with Crippen molar-refractivity contribution in [2.75, 3.05) is 19.6 Å².